The van der Waals surface area contributed by atoms with E-state index in [2.05, 4.69) is 42.2 Å². The molecule has 2 rings (SSSR count). The number of hydrogen-bond acceptors (Lipinski definition) is 2. The van der Waals surface area contributed by atoms with Crippen molar-refractivity contribution in [3.05, 3.63) is 60.2 Å². The van der Waals surface area contributed by atoms with Crippen molar-refractivity contribution in [2.45, 2.75) is 11.8 Å². The molecule has 0 unspecified atom stereocenters. The summed E-state index contributed by atoms with van der Waals surface area (Å²) in [5.74, 6) is 0. The van der Waals surface area contributed by atoms with E-state index in [9.17, 15) is 0 Å². The minimum atomic E-state index is 0.982. The molecule has 1 aromatic carbocycles. The van der Waals surface area contributed by atoms with Crippen molar-refractivity contribution in [3.8, 4) is 0 Å². The number of anilines is 1. The van der Waals surface area contributed by atoms with E-state index >= 15 is 0 Å². The summed E-state index contributed by atoms with van der Waals surface area (Å²) in [6.07, 6.45) is 7.44. The zero-order chi connectivity index (χ0) is 11.4. The summed E-state index contributed by atoms with van der Waals surface area (Å²) in [5.41, 5.74) is 1.30. The molecule has 1 heterocycles. The summed E-state index contributed by atoms with van der Waals surface area (Å²) >= 11 is 1.80. The first-order valence-electron chi connectivity index (χ1n) is 5.33. The summed E-state index contributed by atoms with van der Waals surface area (Å²) in [5, 5.41) is 1.25. The molecule has 0 aliphatic carbocycles. The third-order valence-corrected chi connectivity index (χ3v) is 3.54. The van der Waals surface area contributed by atoms with Crippen LogP contribution in [0.3, 0.4) is 0 Å². The van der Waals surface area contributed by atoms with Crippen LogP contribution in [0.4, 0.5) is 5.69 Å². The minimum Gasteiger partial charge on any atom is -0.335 e. The SMILES string of the molecule is [CH]=CC=CC=C1Sc2ccccc2N1CC. The molecule has 16 heavy (non-hydrogen) atoms. The van der Waals surface area contributed by atoms with Crippen molar-refractivity contribution in [1.82, 2.24) is 0 Å². The average molecular weight is 228 g/mol. The lowest BCUT2D eigenvalue weighted by Crippen LogP contribution is -2.16. The number of fused-ring (bicyclic) bond motifs is 1. The topological polar surface area (TPSA) is 3.24 Å². The van der Waals surface area contributed by atoms with Crippen LogP contribution in [-0.4, -0.2) is 6.54 Å². The van der Waals surface area contributed by atoms with Gasteiger partial charge in [0.05, 0.1) is 10.7 Å². The van der Waals surface area contributed by atoms with Crippen LogP contribution in [0.15, 0.2) is 58.5 Å². The molecule has 0 spiro atoms. The van der Waals surface area contributed by atoms with Crippen LogP contribution >= 0.6 is 11.8 Å². The van der Waals surface area contributed by atoms with E-state index in [4.69, 9.17) is 6.58 Å². The summed E-state index contributed by atoms with van der Waals surface area (Å²) in [4.78, 5) is 3.63. The Morgan fingerprint density at radius 2 is 2.12 bits per heavy atom. The number of hydrogen-bond donors (Lipinski definition) is 0. The molecule has 1 nitrogen and oxygen atoms in total. The molecule has 0 bridgehead atoms. The number of nitrogens with zero attached hydrogens (tertiary/aromatic N) is 1. The average Bonchev–Trinajstić information content (AvgIpc) is 2.67. The van der Waals surface area contributed by atoms with Crippen molar-refractivity contribution < 1.29 is 0 Å². The maximum absolute atomic E-state index is 5.30. The Morgan fingerprint density at radius 3 is 2.88 bits per heavy atom. The number of rotatable bonds is 3. The highest BCUT2D eigenvalue weighted by Crippen LogP contribution is 2.45. The van der Waals surface area contributed by atoms with E-state index in [-0.39, 0.29) is 0 Å². The predicted molar refractivity (Wildman–Crippen MR) is 71.4 cm³/mol. The van der Waals surface area contributed by atoms with Gasteiger partial charge in [0, 0.05) is 11.4 Å². The second-order valence-electron chi connectivity index (χ2n) is 3.40. The van der Waals surface area contributed by atoms with Crippen LogP contribution in [-0.2, 0) is 0 Å². The van der Waals surface area contributed by atoms with Gasteiger partial charge in [0.1, 0.15) is 0 Å². The van der Waals surface area contributed by atoms with Crippen LogP contribution < -0.4 is 4.90 Å². The molecule has 1 aliphatic rings. The van der Waals surface area contributed by atoms with Crippen molar-refractivity contribution in [3.63, 3.8) is 0 Å². The third-order valence-electron chi connectivity index (χ3n) is 2.41. The summed E-state index contributed by atoms with van der Waals surface area (Å²) in [7, 11) is 0. The fraction of sp³-hybridized carbons (Fsp3) is 0.143. The van der Waals surface area contributed by atoms with Gasteiger partial charge in [-0.05, 0) is 25.1 Å². The summed E-state index contributed by atoms with van der Waals surface area (Å²) < 4.78 is 0. The Labute approximate surface area is 101 Å². The Bertz CT molecular complexity index is 446. The van der Waals surface area contributed by atoms with Gasteiger partial charge in [0.2, 0.25) is 0 Å². The van der Waals surface area contributed by atoms with Crippen LogP contribution in [0, 0.1) is 6.58 Å². The first-order chi connectivity index (χ1) is 7.86. The number of thioether (sulfide) groups is 1. The summed E-state index contributed by atoms with van der Waals surface area (Å²) in [6, 6.07) is 8.47. The first-order valence-corrected chi connectivity index (χ1v) is 6.14. The first kappa shape index (κ1) is 11.1. The van der Waals surface area contributed by atoms with Gasteiger partial charge in [-0.15, -0.1) is 0 Å². The number of allylic oxidation sites excluding steroid dienone is 4. The fourth-order valence-electron chi connectivity index (χ4n) is 1.71. The van der Waals surface area contributed by atoms with Crippen molar-refractivity contribution in [2.75, 3.05) is 11.4 Å². The van der Waals surface area contributed by atoms with Gasteiger partial charge < -0.3 is 4.90 Å². The van der Waals surface area contributed by atoms with Crippen molar-refractivity contribution in [1.29, 1.82) is 0 Å². The second kappa shape index (κ2) is 5.08. The fourth-order valence-corrected chi connectivity index (χ4v) is 2.84. The Kier molecular flexibility index (Phi) is 3.52. The highest BCUT2D eigenvalue weighted by Gasteiger charge is 2.22. The van der Waals surface area contributed by atoms with Gasteiger partial charge in [-0.2, -0.15) is 0 Å². The van der Waals surface area contributed by atoms with Gasteiger partial charge >= 0.3 is 0 Å². The standard InChI is InChI=1S/C14H14NS/c1-3-5-6-11-14-15(4-2)12-9-7-8-10-13(12)16-14/h1,3,5-11H,4H2,2H3. The maximum atomic E-state index is 5.30. The molecular weight excluding hydrogens is 214 g/mol. The molecule has 0 N–H and O–H groups in total. The van der Waals surface area contributed by atoms with Crippen LogP contribution in [0.1, 0.15) is 6.92 Å². The van der Waals surface area contributed by atoms with Gasteiger partial charge in [0.25, 0.3) is 0 Å². The highest BCUT2D eigenvalue weighted by atomic mass is 32.2. The predicted octanol–water partition coefficient (Wildman–Crippen LogP) is 4.01. The Hall–Kier alpha value is -1.41. The molecule has 1 aliphatic heterocycles. The molecule has 0 atom stereocenters. The normalized spacial score (nSPS) is 17.1. The molecule has 0 aromatic heterocycles. The number of para-hydroxylation sites is 1. The van der Waals surface area contributed by atoms with Crippen molar-refractivity contribution >= 4 is 17.4 Å². The van der Waals surface area contributed by atoms with Gasteiger partial charge in [-0.3, -0.25) is 0 Å². The lowest BCUT2D eigenvalue weighted by molar-refractivity contribution is 1.00. The van der Waals surface area contributed by atoms with E-state index < -0.39 is 0 Å². The molecule has 81 valence electrons. The second-order valence-corrected chi connectivity index (χ2v) is 4.46. The van der Waals surface area contributed by atoms with Crippen LogP contribution in [0.25, 0.3) is 0 Å². The lowest BCUT2D eigenvalue weighted by atomic mass is 10.3. The van der Waals surface area contributed by atoms with Crippen LogP contribution in [0.2, 0.25) is 0 Å². The monoisotopic (exact) mass is 228 g/mol. The van der Waals surface area contributed by atoms with E-state index in [1.54, 1.807) is 17.8 Å². The van der Waals surface area contributed by atoms with Gasteiger partial charge in [-0.1, -0.05) is 48.7 Å². The van der Waals surface area contributed by atoms with E-state index in [1.165, 1.54) is 15.6 Å². The van der Waals surface area contributed by atoms with Gasteiger partial charge in [0.15, 0.2) is 0 Å². The molecule has 1 radical (unpaired) electrons. The molecule has 1 aromatic rings. The third kappa shape index (κ3) is 2.07. The summed E-state index contributed by atoms with van der Waals surface area (Å²) in [6.45, 7) is 8.45. The van der Waals surface area contributed by atoms with E-state index in [0.717, 1.165) is 6.54 Å². The maximum Gasteiger partial charge on any atom is 0.0801 e. The zero-order valence-corrected chi connectivity index (χ0v) is 10.1. The molecular formula is C14H14NS. The number of benzene rings is 1. The minimum absolute atomic E-state index is 0.982. The molecule has 0 fully saturated rings. The molecule has 2 heteroatoms. The molecule has 0 amide bonds. The zero-order valence-electron chi connectivity index (χ0n) is 9.26. The smallest absolute Gasteiger partial charge is 0.0801 e. The largest absolute Gasteiger partial charge is 0.335 e. The molecule has 0 saturated carbocycles. The highest BCUT2D eigenvalue weighted by molar-refractivity contribution is 8.03. The lowest BCUT2D eigenvalue weighted by Gasteiger charge is -2.17. The Morgan fingerprint density at radius 1 is 1.31 bits per heavy atom. The molecule has 0 saturated heterocycles. The van der Waals surface area contributed by atoms with Crippen molar-refractivity contribution in [2.24, 2.45) is 0 Å². The quantitative estimate of drug-likeness (QED) is 0.719. The van der Waals surface area contributed by atoms with Gasteiger partial charge in [-0.25, -0.2) is 0 Å². The van der Waals surface area contributed by atoms with Crippen LogP contribution in [0.5, 0.6) is 0 Å². The van der Waals surface area contributed by atoms with E-state index in [1.807, 2.05) is 12.2 Å². The van der Waals surface area contributed by atoms with E-state index in [0.29, 0.717) is 0 Å². The Balaban J connectivity index is 2.30.